The predicted octanol–water partition coefficient (Wildman–Crippen LogP) is 6.16. The van der Waals surface area contributed by atoms with Crippen LogP contribution in [0.4, 0.5) is 0 Å². The smallest absolute Gasteiger partial charge is 0.193 e. The van der Waals surface area contributed by atoms with E-state index in [4.69, 9.17) is 16.3 Å². The van der Waals surface area contributed by atoms with Gasteiger partial charge in [-0.2, -0.15) is 5.26 Å². The summed E-state index contributed by atoms with van der Waals surface area (Å²) in [7, 11) is 1.55. The number of nitriles is 1. The highest BCUT2D eigenvalue weighted by molar-refractivity contribution is 8.08. The molecule has 0 spiro atoms. The fourth-order valence-electron chi connectivity index (χ4n) is 2.19. The number of thioether (sulfide) groups is 1. The minimum Gasteiger partial charge on any atom is -0.383 e. The van der Waals surface area contributed by atoms with Crippen molar-refractivity contribution in [1.82, 2.24) is 0 Å². The Kier molecular flexibility index (Phi) is 9.79. The first-order valence-electron chi connectivity index (χ1n) is 8.58. The molecule has 1 rings (SSSR count). The van der Waals surface area contributed by atoms with Crippen LogP contribution in [0, 0.1) is 16.7 Å². The van der Waals surface area contributed by atoms with Gasteiger partial charge in [0, 0.05) is 13.2 Å². The molecule has 1 aliphatic rings. The molecule has 0 saturated heterocycles. The molecular formula is C23H24ClNO2S. The molecule has 1 heterocycles. The van der Waals surface area contributed by atoms with Crippen LogP contribution in [0.1, 0.15) is 20.3 Å². The number of halogens is 1. The van der Waals surface area contributed by atoms with Crippen LogP contribution >= 0.6 is 23.4 Å². The Morgan fingerprint density at radius 1 is 1.50 bits per heavy atom. The predicted molar refractivity (Wildman–Crippen MR) is 119 cm³/mol. The van der Waals surface area contributed by atoms with Crippen molar-refractivity contribution < 1.29 is 9.53 Å². The quantitative estimate of drug-likeness (QED) is 0.244. The van der Waals surface area contributed by atoms with Crippen molar-refractivity contribution in [3.63, 3.8) is 0 Å². The third kappa shape index (κ3) is 7.38. The molecule has 1 atom stereocenters. The monoisotopic (exact) mass is 413 g/mol. The average molecular weight is 414 g/mol. The normalized spacial score (nSPS) is 16.8. The summed E-state index contributed by atoms with van der Waals surface area (Å²) in [5.74, 6) is -0.219. The molecule has 0 saturated carbocycles. The van der Waals surface area contributed by atoms with Crippen molar-refractivity contribution in [3.8, 4) is 6.07 Å². The third-order valence-electron chi connectivity index (χ3n) is 3.68. The second-order valence-electron chi connectivity index (χ2n) is 6.50. The summed E-state index contributed by atoms with van der Waals surface area (Å²) in [6, 6.07) is 2.22. The van der Waals surface area contributed by atoms with Crippen LogP contribution in [0.15, 0.2) is 87.4 Å². The van der Waals surface area contributed by atoms with Gasteiger partial charge in [0.25, 0.3) is 0 Å². The number of carbonyl (C=O) groups is 1. The summed E-state index contributed by atoms with van der Waals surface area (Å²) in [5.41, 5.74) is 4.17. The molecule has 0 aromatic carbocycles. The van der Waals surface area contributed by atoms with Crippen molar-refractivity contribution in [2.24, 2.45) is 5.41 Å². The summed E-state index contributed by atoms with van der Waals surface area (Å²) in [6.07, 6.45) is 12.4. The van der Waals surface area contributed by atoms with Gasteiger partial charge in [0.15, 0.2) is 5.78 Å². The molecule has 146 valence electrons. The lowest BCUT2D eigenvalue weighted by molar-refractivity contribution is -0.110. The zero-order valence-electron chi connectivity index (χ0n) is 16.4. The number of hydrogen-bond acceptors (Lipinski definition) is 4. The topological polar surface area (TPSA) is 50.1 Å². The van der Waals surface area contributed by atoms with Gasteiger partial charge in [-0.15, -0.1) is 5.73 Å². The highest BCUT2D eigenvalue weighted by atomic mass is 35.5. The van der Waals surface area contributed by atoms with Gasteiger partial charge in [0.2, 0.25) is 0 Å². The maximum absolute atomic E-state index is 12.6. The first-order valence-corrected chi connectivity index (χ1v) is 9.78. The van der Waals surface area contributed by atoms with Gasteiger partial charge >= 0.3 is 0 Å². The Bertz CT molecular complexity index is 877. The van der Waals surface area contributed by atoms with Crippen molar-refractivity contribution in [3.05, 3.63) is 87.4 Å². The second-order valence-corrected chi connectivity index (χ2v) is 7.93. The van der Waals surface area contributed by atoms with E-state index in [1.807, 2.05) is 25.2 Å². The molecule has 0 aromatic rings. The van der Waals surface area contributed by atoms with Crippen LogP contribution in [0.25, 0.3) is 0 Å². The first-order chi connectivity index (χ1) is 13.3. The number of carbonyl (C=O) groups excluding carboxylic acids is 1. The molecule has 0 amide bonds. The number of methoxy groups -OCH3 is 1. The third-order valence-corrected chi connectivity index (χ3v) is 5.28. The Balaban J connectivity index is 2.94. The minimum atomic E-state index is -0.678. The van der Waals surface area contributed by atoms with Gasteiger partial charge in [0.05, 0.1) is 32.9 Å². The molecule has 0 N–H and O–H groups in total. The van der Waals surface area contributed by atoms with E-state index < -0.39 is 5.41 Å². The van der Waals surface area contributed by atoms with Gasteiger partial charge in [-0.3, -0.25) is 4.79 Å². The van der Waals surface area contributed by atoms with Crippen LogP contribution in [0.2, 0.25) is 0 Å². The minimum absolute atomic E-state index is 0.219. The van der Waals surface area contributed by atoms with E-state index in [9.17, 15) is 10.1 Å². The van der Waals surface area contributed by atoms with Crippen molar-refractivity contribution in [2.45, 2.75) is 20.3 Å². The van der Waals surface area contributed by atoms with E-state index in [-0.39, 0.29) is 5.78 Å². The van der Waals surface area contributed by atoms with Crippen molar-refractivity contribution in [2.75, 3.05) is 13.7 Å². The zero-order valence-corrected chi connectivity index (χ0v) is 18.0. The number of allylic oxidation sites excluding steroid dienone is 10. The summed E-state index contributed by atoms with van der Waals surface area (Å²) in [4.78, 5) is 13.8. The van der Waals surface area contributed by atoms with Crippen LogP contribution in [0.3, 0.4) is 0 Å². The zero-order chi connectivity index (χ0) is 21.2. The lowest BCUT2D eigenvalue weighted by Crippen LogP contribution is -2.19. The Morgan fingerprint density at radius 2 is 2.21 bits per heavy atom. The van der Waals surface area contributed by atoms with E-state index in [0.29, 0.717) is 23.0 Å². The SMILES string of the molecule is C=C/C(=C\C=C/C(=C)C)C1=C=CC(Cl)=C(C(=O)/C=C/CC(C)(C#N)COC)S1. The molecule has 0 aliphatic carbocycles. The van der Waals surface area contributed by atoms with E-state index in [1.165, 1.54) is 17.8 Å². The number of hydrogen-bond donors (Lipinski definition) is 0. The van der Waals surface area contributed by atoms with Gasteiger partial charge < -0.3 is 4.74 Å². The molecule has 3 nitrogen and oxygen atoms in total. The summed E-state index contributed by atoms with van der Waals surface area (Å²) in [5, 5.41) is 9.61. The second kappa shape index (κ2) is 11.5. The van der Waals surface area contributed by atoms with Gasteiger partial charge in [0.1, 0.15) is 0 Å². The number of rotatable bonds is 10. The van der Waals surface area contributed by atoms with E-state index in [2.05, 4.69) is 25.0 Å². The van der Waals surface area contributed by atoms with E-state index in [1.54, 1.807) is 32.3 Å². The van der Waals surface area contributed by atoms with Crippen molar-refractivity contribution >= 4 is 29.1 Å². The maximum Gasteiger partial charge on any atom is 0.193 e. The summed E-state index contributed by atoms with van der Waals surface area (Å²) < 4.78 is 5.07. The largest absolute Gasteiger partial charge is 0.383 e. The molecule has 1 aliphatic heterocycles. The number of ether oxygens (including phenoxy) is 1. The fraction of sp³-hybridized carbons (Fsp3) is 0.261. The molecule has 0 fully saturated rings. The van der Waals surface area contributed by atoms with Crippen LogP contribution in [-0.4, -0.2) is 19.5 Å². The molecule has 5 heteroatoms. The molecule has 0 bridgehead atoms. The molecule has 28 heavy (non-hydrogen) atoms. The molecular weight excluding hydrogens is 390 g/mol. The van der Waals surface area contributed by atoms with Gasteiger partial charge in [-0.1, -0.05) is 72.5 Å². The Morgan fingerprint density at radius 3 is 2.79 bits per heavy atom. The number of nitrogens with zero attached hydrogens (tertiary/aromatic N) is 1. The van der Waals surface area contributed by atoms with Gasteiger partial charge in [-0.25, -0.2) is 0 Å². The maximum atomic E-state index is 12.6. The molecule has 1 unspecified atom stereocenters. The molecule has 0 aromatic heterocycles. The lowest BCUT2D eigenvalue weighted by Gasteiger charge is -2.17. The standard InChI is InChI=1S/C23H24ClNO2S/c1-6-18(10-7-9-17(2)3)21-13-12-19(24)22(28-21)20(26)11-8-14-23(4,15-25)16-27-5/h6-12H,1-2,14,16H2,3-5H3/b9-7-,11-8+,18-10+. The van der Waals surface area contributed by atoms with E-state index in [0.717, 1.165) is 16.1 Å². The Hall–Kier alpha value is -2.28. The van der Waals surface area contributed by atoms with Crippen LogP contribution in [0.5, 0.6) is 0 Å². The van der Waals surface area contributed by atoms with Gasteiger partial charge in [-0.05, 0) is 31.9 Å². The van der Waals surface area contributed by atoms with Crippen molar-refractivity contribution in [1.29, 1.82) is 5.26 Å². The average Bonchev–Trinajstić information content (AvgIpc) is 2.65. The highest BCUT2D eigenvalue weighted by Gasteiger charge is 2.23. The Labute approximate surface area is 176 Å². The summed E-state index contributed by atoms with van der Waals surface area (Å²) in [6.45, 7) is 11.6. The van der Waals surface area contributed by atoms with E-state index >= 15 is 0 Å². The first kappa shape index (κ1) is 23.8. The lowest BCUT2D eigenvalue weighted by atomic mass is 9.89. The fourth-order valence-corrected chi connectivity index (χ4v) is 3.37. The highest BCUT2D eigenvalue weighted by Crippen LogP contribution is 2.38. The summed E-state index contributed by atoms with van der Waals surface area (Å²) >= 11 is 7.46. The molecule has 0 radical (unpaired) electrons. The van der Waals surface area contributed by atoms with Crippen LogP contribution in [-0.2, 0) is 9.53 Å². The number of ketones is 1. The van der Waals surface area contributed by atoms with Crippen LogP contribution < -0.4 is 0 Å².